The summed E-state index contributed by atoms with van der Waals surface area (Å²) >= 11 is 0. The number of allylic oxidation sites excluding steroid dienone is 1. The first-order valence-electron chi connectivity index (χ1n) is 4.62. The number of nitrogens with one attached hydrogen (secondary N) is 1. The monoisotopic (exact) mass is 226 g/mol. The molecule has 1 amide bonds. The van der Waals surface area contributed by atoms with E-state index >= 15 is 0 Å². The molecule has 0 saturated carbocycles. The average molecular weight is 226 g/mol. The zero-order chi connectivity index (χ0) is 12.0. The molecule has 1 aliphatic rings. The van der Waals surface area contributed by atoms with Gasteiger partial charge in [0, 0.05) is 12.3 Å². The number of rotatable bonds is 5. The molecule has 2 N–H and O–H groups in total. The number of amides is 1. The lowest BCUT2D eigenvalue weighted by atomic mass is 10.3. The third kappa shape index (κ3) is 3.32. The van der Waals surface area contributed by atoms with Crippen LogP contribution in [0.25, 0.3) is 0 Å². The molecule has 0 aromatic carbocycles. The molecule has 0 spiro atoms. The van der Waals surface area contributed by atoms with E-state index in [0.29, 0.717) is 18.1 Å². The molecule has 0 aromatic heterocycles. The molecule has 6 heteroatoms. The summed E-state index contributed by atoms with van der Waals surface area (Å²) in [6.07, 6.45) is 3.62. The van der Waals surface area contributed by atoms with E-state index in [1.54, 1.807) is 12.2 Å². The Hall–Kier alpha value is -1.95. The molecular formula is C10H14N2O4. The summed E-state index contributed by atoms with van der Waals surface area (Å²) in [5.41, 5.74) is 3.11. The van der Waals surface area contributed by atoms with Gasteiger partial charge < -0.3 is 9.84 Å². The minimum absolute atomic E-state index is 0.193. The summed E-state index contributed by atoms with van der Waals surface area (Å²) in [5, 5.41) is 8.85. The summed E-state index contributed by atoms with van der Waals surface area (Å²) < 4.78 is 5.01. The Labute approximate surface area is 93.4 Å². The van der Waals surface area contributed by atoms with Crippen LogP contribution in [0.3, 0.4) is 0 Å². The normalized spacial score (nSPS) is 14.9. The third-order valence-electron chi connectivity index (χ3n) is 1.84. The molecule has 0 saturated heterocycles. The van der Waals surface area contributed by atoms with Crippen molar-refractivity contribution in [2.24, 2.45) is 0 Å². The van der Waals surface area contributed by atoms with Gasteiger partial charge in [0.15, 0.2) is 0 Å². The fourth-order valence-corrected chi connectivity index (χ4v) is 1.12. The van der Waals surface area contributed by atoms with E-state index in [2.05, 4.69) is 12.1 Å². The van der Waals surface area contributed by atoms with Crippen LogP contribution in [0, 0.1) is 0 Å². The summed E-state index contributed by atoms with van der Waals surface area (Å²) in [6, 6.07) is 0. The summed E-state index contributed by atoms with van der Waals surface area (Å²) in [4.78, 5) is 16.9. The lowest BCUT2D eigenvalue weighted by Gasteiger charge is -2.22. The number of nitrogens with zero attached hydrogens (tertiary/aromatic N) is 1. The summed E-state index contributed by atoms with van der Waals surface area (Å²) in [7, 11) is 1.49. The Balaban J connectivity index is 2.66. The van der Waals surface area contributed by atoms with Gasteiger partial charge in [-0.1, -0.05) is 6.08 Å². The molecule has 0 fully saturated rings. The van der Waals surface area contributed by atoms with Crippen molar-refractivity contribution >= 4 is 6.09 Å². The maximum atomic E-state index is 10.8. The lowest BCUT2D eigenvalue weighted by molar-refractivity contribution is 0.0852. The largest absolute Gasteiger partial charge is 0.499 e. The maximum Gasteiger partial charge on any atom is 0.411 e. The predicted molar refractivity (Wildman–Crippen MR) is 57.2 cm³/mol. The highest BCUT2D eigenvalue weighted by Crippen LogP contribution is 2.12. The molecule has 88 valence electrons. The number of methoxy groups -OCH3 is 1. The van der Waals surface area contributed by atoms with Gasteiger partial charge in [-0.2, -0.15) is 0 Å². The fraction of sp³-hybridized carbons (Fsp3) is 0.300. The first-order chi connectivity index (χ1) is 7.67. The lowest BCUT2D eigenvalue weighted by Crippen LogP contribution is -2.31. The molecule has 0 radical (unpaired) electrons. The molecule has 16 heavy (non-hydrogen) atoms. The minimum Gasteiger partial charge on any atom is -0.499 e. The Morgan fingerprint density at radius 1 is 1.81 bits per heavy atom. The number of hydroxylamine groups is 1. The van der Waals surface area contributed by atoms with Crippen molar-refractivity contribution in [1.29, 1.82) is 0 Å². The standard InChI is InChI=1S/C10H14N2O4/c1-3-4-16-11-8-5-9(15-2)7-12(6-8)10(13)14/h3,5-6,11H,1,4,7H2,2H3,(H,13,14). The number of hydrogen-bond acceptors (Lipinski definition) is 4. The average Bonchev–Trinajstić information content (AvgIpc) is 2.29. The van der Waals surface area contributed by atoms with E-state index in [1.807, 2.05) is 0 Å². The van der Waals surface area contributed by atoms with Crippen molar-refractivity contribution in [2.75, 3.05) is 20.3 Å². The van der Waals surface area contributed by atoms with Gasteiger partial charge in [-0.15, -0.1) is 6.58 Å². The van der Waals surface area contributed by atoms with Gasteiger partial charge in [0.2, 0.25) is 0 Å². The van der Waals surface area contributed by atoms with Crippen LogP contribution in [-0.2, 0) is 9.57 Å². The van der Waals surface area contributed by atoms with Gasteiger partial charge in [0.25, 0.3) is 0 Å². The molecular weight excluding hydrogens is 212 g/mol. The zero-order valence-corrected chi connectivity index (χ0v) is 8.97. The second-order valence-electron chi connectivity index (χ2n) is 3.01. The highest BCUT2D eigenvalue weighted by Gasteiger charge is 2.17. The maximum absolute atomic E-state index is 10.8. The second kappa shape index (κ2) is 5.82. The van der Waals surface area contributed by atoms with Gasteiger partial charge in [-0.05, 0) is 0 Å². The first-order valence-corrected chi connectivity index (χ1v) is 4.62. The molecule has 0 atom stereocenters. The van der Waals surface area contributed by atoms with Crippen molar-refractivity contribution < 1.29 is 19.5 Å². The quantitative estimate of drug-likeness (QED) is 0.416. The summed E-state index contributed by atoms with van der Waals surface area (Å²) in [6.45, 7) is 4.00. The Kier molecular flexibility index (Phi) is 4.41. The first kappa shape index (κ1) is 12.1. The smallest absolute Gasteiger partial charge is 0.411 e. The van der Waals surface area contributed by atoms with Gasteiger partial charge in [0.05, 0.1) is 26.0 Å². The van der Waals surface area contributed by atoms with Crippen LogP contribution in [0.15, 0.2) is 36.4 Å². The molecule has 1 heterocycles. The highest BCUT2D eigenvalue weighted by atomic mass is 16.6. The van der Waals surface area contributed by atoms with Crippen LogP contribution in [0.2, 0.25) is 0 Å². The van der Waals surface area contributed by atoms with Gasteiger partial charge in [-0.3, -0.25) is 15.2 Å². The minimum atomic E-state index is -1.05. The number of carboxylic acid groups (broad SMARTS) is 1. The highest BCUT2D eigenvalue weighted by molar-refractivity contribution is 5.67. The van der Waals surface area contributed by atoms with Crippen LogP contribution < -0.4 is 5.48 Å². The van der Waals surface area contributed by atoms with Crippen molar-refractivity contribution in [1.82, 2.24) is 10.4 Å². The van der Waals surface area contributed by atoms with Gasteiger partial charge in [-0.25, -0.2) is 4.79 Å². The molecule has 0 unspecified atom stereocenters. The molecule has 0 aromatic rings. The van der Waals surface area contributed by atoms with Gasteiger partial charge in [0.1, 0.15) is 5.76 Å². The molecule has 6 nitrogen and oxygen atoms in total. The Morgan fingerprint density at radius 3 is 3.12 bits per heavy atom. The van der Waals surface area contributed by atoms with Crippen LogP contribution >= 0.6 is 0 Å². The van der Waals surface area contributed by atoms with E-state index in [1.165, 1.54) is 13.3 Å². The number of carbonyl (C=O) groups is 1. The van der Waals surface area contributed by atoms with E-state index in [4.69, 9.17) is 14.7 Å². The molecule has 0 aliphatic carbocycles. The number of ether oxygens (including phenoxy) is 1. The molecule has 1 aliphatic heterocycles. The second-order valence-corrected chi connectivity index (χ2v) is 3.01. The zero-order valence-electron chi connectivity index (χ0n) is 8.97. The third-order valence-corrected chi connectivity index (χ3v) is 1.84. The molecule has 0 bridgehead atoms. The van der Waals surface area contributed by atoms with Gasteiger partial charge >= 0.3 is 6.09 Å². The van der Waals surface area contributed by atoms with Crippen LogP contribution in [0.4, 0.5) is 4.79 Å². The number of hydrogen-bond donors (Lipinski definition) is 2. The topological polar surface area (TPSA) is 71.0 Å². The van der Waals surface area contributed by atoms with E-state index in [0.717, 1.165) is 4.90 Å². The van der Waals surface area contributed by atoms with Crippen LogP contribution in [0.5, 0.6) is 0 Å². The Morgan fingerprint density at radius 2 is 2.56 bits per heavy atom. The molecule has 1 rings (SSSR count). The predicted octanol–water partition coefficient (Wildman–Crippen LogP) is 1.06. The van der Waals surface area contributed by atoms with Crippen molar-refractivity contribution in [3.63, 3.8) is 0 Å². The van der Waals surface area contributed by atoms with Crippen LogP contribution in [0.1, 0.15) is 0 Å². The SMILES string of the molecule is C=CCONC1=CN(C(=O)O)CC(OC)=C1. The van der Waals surface area contributed by atoms with Crippen molar-refractivity contribution in [3.8, 4) is 0 Å². The van der Waals surface area contributed by atoms with Crippen LogP contribution in [-0.4, -0.2) is 36.4 Å². The van der Waals surface area contributed by atoms with E-state index in [9.17, 15) is 4.79 Å². The van der Waals surface area contributed by atoms with Crippen molar-refractivity contribution in [3.05, 3.63) is 36.4 Å². The van der Waals surface area contributed by atoms with E-state index < -0.39 is 6.09 Å². The van der Waals surface area contributed by atoms with E-state index in [-0.39, 0.29) is 6.54 Å². The van der Waals surface area contributed by atoms with Crippen molar-refractivity contribution in [2.45, 2.75) is 0 Å². The summed E-state index contributed by atoms with van der Waals surface area (Å²) in [5.74, 6) is 0.537. The Bertz CT molecular complexity index is 336. The fourth-order valence-electron chi connectivity index (χ4n) is 1.12.